The van der Waals surface area contributed by atoms with E-state index < -0.39 is 0 Å². The molecular formula is C19H22N2O3. The molecule has 2 rings (SSSR count). The summed E-state index contributed by atoms with van der Waals surface area (Å²) >= 11 is 0. The predicted molar refractivity (Wildman–Crippen MR) is 93.2 cm³/mol. The minimum atomic E-state index is -0.229. The van der Waals surface area contributed by atoms with Crippen LogP contribution in [0, 0.1) is 0 Å². The maximum absolute atomic E-state index is 12.5. The van der Waals surface area contributed by atoms with E-state index in [-0.39, 0.29) is 24.4 Å². The lowest BCUT2D eigenvalue weighted by molar-refractivity contribution is -0.122. The van der Waals surface area contributed by atoms with Crippen LogP contribution >= 0.6 is 0 Å². The molecule has 1 N–H and O–H groups in total. The van der Waals surface area contributed by atoms with E-state index in [1.54, 1.807) is 31.3 Å². The molecule has 2 amide bonds. The van der Waals surface area contributed by atoms with Gasteiger partial charge in [0.15, 0.2) is 0 Å². The third-order valence-corrected chi connectivity index (χ3v) is 3.24. The normalized spacial score (nSPS) is 10.3. The standard InChI is InChI=1S/C19H22N2O3/c1-14(2)20-18(22)13-21(3)19(23)15-8-7-11-17(12-15)24-16-9-5-4-6-10-16/h4-12,14H,13H2,1-3H3,(H,20,22). The SMILES string of the molecule is CC(C)NC(=O)CN(C)C(=O)c1cccc(Oc2ccccc2)c1. The van der Waals surface area contributed by atoms with E-state index >= 15 is 0 Å². The Morgan fingerprint density at radius 2 is 1.71 bits per heavy atom. The molecule has 0 heterocycles. The van der Waals surface area contributed by atoms with Crippen molar-refractivity contribution in [3.8, 4) is 11.5 Å². The second kappa shape index (κ2) is 8.15. The van der Waals surface area contributed by atoms with E-state index in [2.05, 4.69) is 5.32 Å². The van der Waals surface area contributed by atoms with E-state index in [1.165, 1.54) is 4.90 Å². The summed E-state index contributed by atoms with van der Waals surface area (Å²) in [5.74, 6) is 0.865. The van der Waals surface area contributed by atoms with Crippen LogP contribution in [0.2, 0.25) is 0 Å². The third kappa shape index (κ3) is 5.12. The molecular weight excluding hydrogens is 304 g/mol. The van der Waals surface area contributed by atoms with Gasteiger partial charge in [0.1, 0.15) is 11.5 Å². The second-order valence-corrected chi connectivity index (χ2v) is 5.83. The highest BCUT2D eigenvalue weighted by atomic mass is 16.5. The fraction of sp³-hybridized carbons (Fsp3) is 0.263. The van der Waals surface area contributed by atoms with Crippen LogP contribution in [0.3, 0.4) is 0 Å². The molecule has 0 saturated carbocycles. The third-order valence-electron chi connectivity index (χ3n) is 3.24. The van der Waals surface area contributed by atoms with Crippen LogP contribution in [-0.2, 0) is 4.79 Å². The lowest BCUT2D eigenvalue weighted by atomic mass is 10.2. The van der Waals surface area contributed by atoms with Crippen molar-refractivity contribution in [1.82, 2.24) is 10.2 Å². The topological polar surface area (TPSA) is 58.6 Å². The number of para-hydroxylation sites is 1. The Morgan fingerprint density at radius 1 is 1.04 bits per heavy atom. The molecule has 0 aliphatic rings. The van der Waals surface area contributed by atoms with E-state index in [0.29, 0.717) is 17.1 Å². The van der Waals surface area contributed by atoms with Gasteiger partial charge in [0.25, 0.3) is 5.91 Å². The minimum Gasteiger partial charge on any atom is -0.457 e. The first-order valence-electron chi connectivity index (χ1n) is 7.83. The van der Waals surface area contributed by atoms with Gasteiger partial charge in [0, 0.05) is 18.7 Å². The molecule has 0 fully saturated rings. The number of ether oxygens (including phenoxy) is 1. The number of carbonyl (C=O) groups excluding carboxylic acids is 2. The molecule has 24 heavy (non-hydrogen) atoms. The van der Waals surface area contributed by atoms with Gasteiger partial charge in [-0.25, -0.2) is 0 Å². The summed E-state index contributed by atoms with van der Waals surface area (Å²) in [4.78, 5) is 25.6. The molecule has 5 nitrogen and oxygen atoms in total. The number of hydrogen-bond acceptors (Lipinski definition) is 3. The second-order valence-electron chi connectivity index (χ2n) is 5.83. The maximum Gasteiger partial charge on any atom is 0.254 e. The summed E-state index contributed by atoms with van der Waals surface area (Å²) in [6.45, 7) is 3.77. The highest BCUT2D eigenvalue weighted by Crippen LogP contribution is 2.22. The monoisotopic (exact) mass is 326 g/mol. The zero-order valence-corrected chi connectivity index (χ0v) is 14.2. The summed E-state index contributed by atoms with van der Waals surface area (Å²) in [5.41, 5.74) is 0.475. The summed E-state index contributed by atoms with van der Waals surface area (Å²) in [6.07, 6.45) is 0. The zero-order valence-electron chi connectivity index (χ0n) is 14.2. The van der Waals surface area contributed by atoms with Gasteiger partial charge in [-0.15, -0.1) is 0 Å². The predicted octanol–water partition coefficient (Wildman–Crippen LogP) is 3.08. The van der Waals surface area contributed by atoms with Crippen molar-refractivity contribution in [2.75, 3.05) is 13.6 Å². The number of nitrogens with zero attached hydrogens (tertiary/aromatic N) is 1. The van der Waals surface area contributed by atoms with Crippen molar-refractivity contribution in [1.29, 1.82) is 0 Å². The minimum absolute atomic E-state index is 0.0147. The van der Waals surface area contributed by atoms with Gasteiger partial charge in [-0.3, -0.25) is 9.59 Å². The Morgan fingerprint density at radius 3 is 2.38 bits per heavy atom. The summed E-state index contributed by atoms with van der Waals surface area (Å²) in [5, 5.41) is 2.77. The Kier molecular flexibility index (Phi) is 5.95. The van der Waals surface area contributed by atoms with Crippen molar-refractivity contribution < 1.29 is 14.3 Å². The molecule has 0 bridgehead atoms. The van der Waals surface area contributed by atoms with Crippen LogP contribution < -0.4 is 10.1 Å². The van der Waals surface area contributed by atoms with Gasteiger partial charge in [-0.1, -0.05) is 24.3 Å². The fourth-order valence-corrected chi connectivity index (χ4v) is 2.19. The smallest absolute Gasteiger partial charge is 0.254 e. The van der Waals surface area contributed by atoms with Gasteiger partial charge >= 0.3 is 0 Å². The molecule has 0 saturated heterocycles. The van der Waals surface area contributed by atoms with Crippen LogP contribution in [0.1, 0.15) is 24.2 Å². The van der Waals surface area contributed by atoms with Gasteiger partial charge < -0.3 is 15.0 Å². The summed E-state index contributed by atoms with van der Waals surface area (Å²) in [6, 6.07) is 16.3. The highest BCUT2D eigenvalue weighted by Gasteiger charge is 2.16. The highest BCUT2D eigenvalue weighted by molar-refractivity contribution is 5.96. The molecule has 0 radical (unpaired) electrons. The van der Waals surface area contributed by atoms with Crippen molar-refractivity contribution in [3.63, 3.8) is 0 Å². The van der Waals surface area contributed by atoms with Crippen molar-refractivity contribution in [2.45, 2.75) is 19.9 Å². The Labute approximate surface area is 142 Å². The van der Waals surface area contributed by atoms with Crippen LogP contribution in [0.15, 0.2) is 54.6 Å². The summed E-state index contributed by atoms with van der Waals surface area (Å²) in [7, 11) is 1.60. The van der Waals surface area contributed by atoms with Crippen molar-refractivity contribution in [3.05, 3.63) is 60.2 Å². The molecule has 0 aromatic heterocycles. The first-order valence-corrected chi connectivity index (χ1v) is 7.83. The van der Waals surface area contributed by atoms with Gasteiger partial charge in [0.2, 0.25) is 5.91 Å². The molecule has 126 valence electrons. The van der Waals surface area contributed by atoms with Crippen molar-refractivity contribution >= 4 is 11.8 Å². The maximum atomic E-state index is 12.5. The number of likely N-dealkylation sites (N-methyl/N-ethyl adjacent to an activating group) is 1. The first-order chi connectivity index (χ1) is 11.5. The van der Waals surface area contributed by atoms with E-state index in [0.717, 1.165) is 0 Å². The average molecular weight is 326 g/mol. The van der Waals surface area contributed by atoms with Crippen LogP contribution in [0.5, 0.6) is 11.5 Å². The van der Waals surface area contributed by atoms with Gasteiger partial charge in [-0.2, -0.15) is 0 Å². The zero-order chi connectivity index (χ0) is 17.5. The average Bonchev–Trinajstić information content (AvgIpc) is 2.54. The number of amides is 2. The largest absolute Gasteiger partial charge is 0.457 e. The Bertz CT molecular complexity index is 699. The fourth-order valence-electron chi connectivity index (χ4n) is 2.19. The lowest BCUT2D eigenvalue weighted by Crippen LogP contribution is -2.40. The number of hydrogen-bond donors (Lipinski definition) is 1. The van der Waals surface area contributed by atoms with Gasteiger partial charge in [0.05, 0.1) is 6.54 Å². The van der Waals surface area contributed by atoms with E-state index in [9.17, 15) is 9.59 Å². The summed E-state index contributed by atoms with van der Waals surface area (Å²) < 4.78 is 5.73. The van der Waals surface area contributed by atoms with E-state index in [4.69, 9.17) is 4.74 Å². The molecule has 0 aliphatic carbocycles. The Hall–Kier alpha value is -2.82. The number of carbonyl (C=O) groups is 2. The number of nitrogens with one attached hydrogen (secondary N) is 1. The molecule has 0 atom stereocenters. The number of benzene rings is 2. The lowest BCUT2D eigenvalue weighted by Gasteiger charge is -2.18. The number of rotatable bonds is 6. The van der Waals surface area contributed by atoms with Crippen molar-refractivity contribution in [2.24, 2.45) is 0 Å². The molecule has 0 unspecified atom stereocenters. The van der Waals surface area contributed by atoms with Crippen LogP contribution in [0.25, 0.3) is 0 Å². The molecule has 0 aliphatic heterocycles. The molecule has 2 aromatic carbocycles. The first kappa shape index (κ1) is 17.5. The van der Waals surface area contributed by atoms with Crippen LogP contribution in [-0.4, -0.2) is 36.3 Å². The van der Waals surface area contributed by atoms with Gasteiger partial charge in [-0.05, 0) is 44.2 Å². The van der Waals surface area contributed by atoms with E-state index in [1.807, 2.05) is 44.2 Å². The quantitative estimate of drug-likeness (QED) is 0.887. The van der Waals surface area contributed by atoms with Crippen LogP contribution in [0.4, 0.5) is 0 Å². The Balaban J connectivity index is 2.04. The molecule has 5 heteroatoms. The molecule has 2 aromatic rings. The molecule has 0 spiro atoms.